The molecule has 7 heavy (non-hydrogen) atoms. The molecule has 0 unspecified atom stereocenters. The molecule has 1 rings (SSSR count). The van der Waals surface area contributed by atoms with Crippen LogP contribution in [-0.4, -0.2) is 5.88 Å². The Bertz CT molecular complexity index is 20.6. The van der Waals surface area contributed by atoms with Crippen LogP contribution in [0.1, 0.15) is 32.6 Å². The fraction of sp³-hybridized carbons (Fsp3) is 1.00. The number of halogens is 1. The molecule has 0 spiro atoms. The van der Waals surface area contributed by atoms with Gasteiger partial charge in [-0.05, 0) is 6.42 Å². The summed E-state index contributed by atoms with van der Waals surface area (Å²) in [6.07, 6.45) is 5.58. The van der Waals surface area contributed by atoms with Crippen LogP contribution in [0.4, 0.5) is 0 Å². The molecule has 0 aromatic carbocycles. The van der Waals surface area contributed by atoms with Crippen molar-refractivity contribution in [3.8, 4) is 0 Å². The molecule has 0 saturated heterocycles. The Kier molecular flexibility index (Phi) is 6.55. The van der Waals surface area contributed by atoms with Crippen LogP contribution in [0.25, 0.3) is 0 Å². The van der Waals surface area contributed by atoms with Crippen LogP contribution in [0, 0.1) is 0 Å². The van der Waals surface area contributed by atoms with E-state index in [4.69, 9.17) is 11.6 Å². The van der Waals surface area contributed by atoms with Crippen molar-refractivity contribution in [2.45, 2.75) is 32.6 Å². The van der Waals surface area contributed by atoms with Gasteiger partial charge in [0.2, 0.25) is 0 Å². The van der Waals surface area contributed by atoms with Gasteiger partial charge in [-0.1, -0.05) is 26.2 Å². The molecule has 0 atom stereocenters. The Labute approximate surface area is 50.9 Å². The molecule has 44 valence electrons. The molecule has 0 N–H and O–H groups in total. The van der Waals surface area contributed by atoms with Gasteiger partial charge in [-0.25, -0.2) is 0 Å². The van der Waals surface area contributed by atoms with Gasteiger partial charge in [0.15, 0.2) is 0 Å². The molecule has 0 bridgehead atoms. The van der Waals surface area contributed by atoms with E-state index in [-0.39, 0.29) is 0 Å². The lowest BCUT2D eigenvalue weighted by molar-refractivity contribution is 1.10. The third-order valence-electron chi connectivity index (χ3n) is 0.543. The topological polar surface area (TPSA) is 0 Å². The van der Waals surface area contributed by atoms with E-state index in [9.17, 15) is 0 Å². The standard InChI is InChI=1S/C3H7Cl.C3H6/c1-2-3-4;1-2-3-1/h2-3H2,1H3;1-3H2. The summed E-state index contributed by atoms with van der Waals surface area (Å²) in [5.74, 6) is 0.792. The van der Waals surface area contributed by atoms with Crippen LogP contribution in [-0.2, 0) is 0 Å². The molecule has 1 aliphatic carbocycles. The molecule has 0 amide bonds. The van der Waals surface area contributed by atoms with E-state index in [1.54, 1.807) is 0 Å². The van der Waals surface area contributed by atoms with Gasteiger partial charge in [0, 0.05) is 5.88 Å². The normalized spacial score (nSPS) is 14.6. The van der Waals surface area contributed by atoms with Crippen LogP contribution in [0.3, 0.4) is 0 Å². The maximum absolute atomic E-state index is 5.19. The average Bonchev–Trinajstić information content (AvgIpc) is 2.47. The highest BCUT2D eigenvalue weighted by Gasteiger charge is 1.95. The van der Waals surface area contributed by atoms with Gasteiger partial charge < -0.3 is 0 Å². The minimum atomic E-state index is 0.792. The zero-order valence-electron chi connectivity index (χ0n) is 4.91. The molecule has 1 fully saturated rings. The van der Waals surface area contributed by atoms with Crippen molar-refractivity contribution < 1.29 is 0 Å². The molecule has 0 aromatic rings. The summed E-state index contributed by atoms with van der Waals surface area (Å²) >= 11 is 5.19. The monoisotopic (exact) mass is 120 g/mol. The van der Waals surface area contributed by atoms with Crippen LogP contribution in [0.2, 0.25) is 0 Å². The van der Waals surface area contributed by atoms with Crippen molar-refractivity contribution in [1.82, 2.24) is 0 Å². The lowest BCUT2D eigenvalue weighted by Crippen LogP contribution is -1.55. The molecular formula is C6H13Cl. The van der Waals surface area contributed by atoms with Crippen LogP contribution < -0.4 is 0 Å². The second-order valence-corrected chi connectivity index (χ2v) is 2.13. The molecule has 0 radical (unpaired) electrons. The van der Waals surface area contributed by atoms with Crippen LogP contribution in [0.5, 0.6) is 0 Å². The molecule has 1 heteroatoms. The first kappa shape index (κ1) is 7.29. The second kappa shape index (κ2) is 6.29. The summed E-state index contributed by atoms with van der Waals surface area (Å²) in [5, 5.41) is 0. The van der Waals surface area contributed by atoms with E-state index in [1.807, 2.05) is 6.92 Å². The van der Waals surface area contributed by atoms with E-state index < -0.39 is 0 Å². The number of rotatable bonds is 1. The smallest absolute Gasteiger partial charge is 0.0220 e. The quantitative estimate of drug-likeness (QED) is 0.467. The molecule has 1 aliphatic rings. The maximum Gasteiger partial charge on any atom is 0.0220 e. The molecule has 0 nitrogen and oxygen atoms in total. The Morgan fingerprint density at radius 3 is 1.57 bits per heavy atom. The van der Waals surface area contributed by atoms with E-state index in [0.29, 0.717) is 0 Å². The van der Waals surface area contributed by atoms with Gasteiger partial charge in [-0.2, -0.15) is 0 Å². The lowest BCUT2D eigenvalue weighted by Gasteiger charge is -1.65. The molecule has 0 aromatic heterocycles. The van der Waals surface area contributed by atoms with Gasteiger partial charge in [0.25, 0.3) is 0 Å². The Morgan fingerprint density at radius 1 is 1.29 bits per heavy atom. The summed E-state index contributed by atoms with van der Waals surface area (Å²) in [4.78, 5) is 0. The highest BCUT2D eigenvalue weighted by molar-refractivity contribution is 6.17. The molecule has 0 aliphatic heterocycles. The maximum atomic E-state index is 5.19. The summed E-state index contributed by atoms with van der Waals surface area (Å²) in [6.45, 7) is 2.05. The lowest BCUT2D eigenvalue weighted by atomic mass is 10.6. The summed E-state index contributed by atoms with van der Waals surface area (Å²) < 4.78 is 0. The van der Waals surface area contributed by atoms with E-state index >= 15 is 0 Å². The summed E-state index contributed by atoms with van der Waals surface area (Å²) in [5.41, 5.74) is 0. The average molecular weight is 121 g/mol. The van der Waals surface area contributed by atoms with Crippen molar-refractivity contribution in [2.75, 3.05) is 5.88 Å². The number of hydrogen-bond acceptors (Lipinski definition) is 0. The zero-order chi connectivity index (χ0) is 5.54. The largest absolute Gasteiger partial charge is 0.127 e. The first-order chi connectivity index (χ1) is 3.41. The minimum Gasteiger partial charge on any atom is -0.127 e. The third-order valence-corrected chi connectivity index (χ3v) is 0.921. The number of alkyl halides is 1. The van der Waals surface area contributed by atoms with Crippen LogP contribution in [0.15, 0.2) is 0 Å². The van der Waals surface area contributed by atoms with Crippen molar-refractivity contribution in [2.24, 2.45) is 0 Å². The fourth-order valence-electron chi connectivity index (χ4n) is 0. The summed E-state index contributed by atoms with van der Waals surface area (Å²) in [6, 6.07) is 0. The second-order valence-electron chi connectivity index (χ2n) is 1.75. The zero-order valence-corrected chi connectivity index (χ0v) is 5.67. The van der Waals surface area contributed by atoms with E-state index in [0.717, 1.165) is 12.3 Å². The predicted octanol–water partition coefficient (Wildman–Crippen LogP) is 2.81. The van der Waals surface area contributed by atoms with Gasteiger partial charge in [0.1, 0.15) is 0 Å². The Hall–Kier alpha value is 0.290. The van der Waals surface area contributed by atoms with E-state index in [1.165, 1.54) is 19.3 Å². The van der Waals surface area contributed by atoms with Gasteiger partial charge >= 0.3 is 0 Å². The SMILES string of the molecule is C1CC1.CCCCl. The minimum absolute atomic E-state index is 0.792. The number of hydrogen-bond donors (Lipinski definition) is 0. The molecule has 0 heterocycles. The summed E-state index contributed by atoms with van der Waals surface area (Å²) in [7, 11) is 0. The van der Waals surface area contributed by atoms with Crippen molar-refractivity contribution in [3.63, 3.8) is 0 Å². The first-order valence-electron chi connectivity index (χ1n) is 2.97. The van der Waals surface area contributed by atoms with Crippen LogP contribution >= 0.6 is 11.6 Å². The Balaban J connectivity index is 0.000000105. The third kappa shape index (κ3) is 22.1. The molecule has 1 saturated carbocycles. The molecular weight excluding hydrogens is 108 g/mol. The van der Waals surface area contributed by atoms with Crippen molar-refractivity contribution in [3.05, 3.63) is 0 Å². The first-order valence-corrected chi connectivity index (χ1v) is 3.51. The van der Waals surface area contributed by atoms with Gasteiger partial charge in [-0.15, -0.1) is 11.6 Å². The van der Waals surface area contributed by atoms with Gasteiger partial charge in [-0.3, -0.25) is 0 Å². The fourth-order valence-corrected chi connectivity index (χ4v) is 0. The van der Waals surface area contributed by atoms with Crippen molar-refractivity contribution in [1.29, 1.82) is 0 Å². The van der Waals surface area contributed by atoms with Gasteiger partial charge in [0.05, 0.1) is 0 Å². The Morgan fingerprint density at radius 2 is 1.57 bits per heavy atom. The highest BCUT2D eigenvalue weighted by atomic mass is 35.5. The highest BCUT2D eigenvalue weighted by Crippen LogP contribution is 2.14. The predicted molar refractivity (Wildman–Crippen MR) is 34.9 cm³/mol. The van der Waals surface area contributed by atoms with Crippen molar-refractivity contribution >= 4 is 11.6 Å². The van der Waals surface area contributed by atoms with E-state index in [2.05, 4.69) is 0 Å².